The average molecular weight is 480 g/mol. The summed E-state index contributed by atoms with van der Waals surface area (Å²) in [6, 6.07) is 4.21. The zero-order valence-electron chi connectivity index (χ0n) is 21.8. The largest absolute Gasteiger partial charge is 0.444 e. The minimum absolute atomic E-state index is 0.274. The molecule has 0 aromatic heterocycles. The molecule has 0 saturated heterocycles. The van der Waals surface area contributed by atoms with Gasteiger partial charge in [-0.2, -0.15) is 11.8 Å². The fourth-order valence-corrected chi connectivity index (χ4v) is 3.94. The molecule has 0 heterocycles. The SMILES string of the molecule is CSCCC(NC(=O)OC(C)(C)C)C(=O)N(C)C(C(=O)NC(C)(C)C)c1cc(C)cc(C)c1. The smallest absolute Gasteiger partial charge is 0.408 e. The number of hydrogen-bond donors (Lipinski definition) is 2. The van der Waals surface area contributed by atoms with Gasteiger partial charge in [0.15, 0.2) is 0 Å². The molecule has 1 rings (SSSR count). The second-order valence-electron chi connectivity index (χ2n) is 10.5. The van der Waals surface area contributed by atoms with E-state index in [0.29, 0.717) is 12.2 Å². The molecule has 0 spiro atoms. The van der Waals surface area contributed by atoms with E-state index in [2.05, 4.69) is 10.6 Å². The van der Waals surface area contributed by atoms with Crippen LogP contribution in [0.1, 0.15) is 70.7 Å². The molecule has 0 radical (unpaired) electrons. The third-order valence-electron chi connectivity index (χ3n) is 4.64. The van der Waals surface area contributed by atoms with Crippen LogP contribution in [0, 0.1) is 13.8 Å². The van der Waals surface area contributed by atoms with Gasteiger partial charge >= 0.3 is 6.09 Å². The second kappa shape index (κ2) is 11.8. The first kappa shape index (κ1) is 28.8. The number of nitrogens with one attached hydrogen (secondary N) is 2. The van der Waals surface area contributed by atoms with Crippen LogP contribution in [0.2, 0.25) is 0 Å². The number of carbonyl (C=O) groups excluding carboxylic acids is 3. The van der Waals surface area contributed by atoms with Crippen LogP contribution in [0.3, 0.4) is 0 Å². The number of thioether (sulfide) groups is 1. The number of ether oxygens (including phenoxy) is 1. The number of carbonyl (C=O) groups is 3. The Hall–Kier alpha value is -2.22. The molecule has 7 nitrogen and oxygen atoms in total. The summed E-state index contributed by atoms with van der Waals surface area (Å²) in [7, 11) is 1.61. The van der Waals surface area contributed by atoms with E-state index in [1.54, 1.807) is 39.6 Å². The predicted molar refractivity (Wildman–Crippen MR) is 135 cm³/mol. The number of aryl methyl sites for hydroxylation is 2. The highest BCUT2D eigenvalue weighted by Crippen LogP contribution is 2.25. The second-order valence-corrected chi connectivity index (χ2v) is 11.5. The normalized spacial score (nSPS) is 13.6. The van der Waals surface area contributed by atoms with E-state index >= 15 is 0 Å². The highest BCUT2D eigenvalue weighted by atomic mass is 32.2. The Morgan fingerprint density at radius 3 is 2.03 bits per heavy atom. The van der Waals surface area contributed by atoms with Crippen LogP contribution >= 0.6 is 11.8 Å². The molecular weight excluding hydrogens is 438 g/mol. The van der Waals surface area contributed by atoms with Gasteiger partial charge in [-0.3, -0.25) is 9.59 Å². The van der Waals surface area contributed by atoms with Gasteiger partial charge in [-0.25, -0.2) is 4.79 Å². The molecule has 1 aromatic rings. The van der Waals surface area contributed by atoms with Crippen molar-refractivity contribution in [3.8, 4) is 0 Å². The summed E-state index contributed by atoms with van der Waals surface area (Å²) in [5.74, 6) is 0.0509. The monoisotopic (exact) mass is 479 g/mol. The van der Waals surface area contributed by atoms with Gasteiger partial charge in [0.25, 0.3) is 0 Å². The summed E-state index contributed by atoms with van der Waals surface area (Å²) in [4.78, 5) is 40.8. The Morgan fingerprint density at radius 1 is 1.03 bits per heavy atom. The van der Waals surface area contributed by atoms with E-state index in [1.807, 2.05) is 59.1 Å². The Kier molecular flexibility index (Phi) is 10.3. The number of nitrogens with zero attached hydrogens (tertiary/aromatic N) is 1. The minimum atomic E-state index is -0.840. The van der Waals surface area contributed by atoms with Gasteiger partial charge in [-0.15, -0.1) is 0 Å². The Balaban J connectivity index is 3.32. The maximum atomic E-state index is 13.6. The fourth-order valence-electron chi connectivity index (χ4n) is 3.47. The van der Waals surface area contributed by atoms with E-state index in [0.717, 1.165) is 16.7 Å². The van der Waals surface area contributed by atoms with Crippen molar-refractivity contribution >= 4 is 29.7 Å². The molecule has 8 heteroatoms. The standard InChI is InChI=1S/C25H41N3O4S/c1-16-13-17(2)15-18(14-16)20(21(29)27-24(3,4)5)28(9)22(30)19(11-12-33-10)26-23(31)32-25(6,7)8/h13-15,19-20H,11-12H2,1-10H3,(H,26,31)(H,27,29). The molecule has 0 aliphatic carbocycles. The van der Waals surface area contributed by atoms with Crippen molar-refractivity contribution in [2.45, 2.75) is 85.0 Å². The number of benzene rings is 1. The number of hydrogen-bond acceptors (Lipinski definition) is 5. The summed E-state index contributed by atoms with van der Waals surface area (Å²) >= 11 is 1.58. The number of alkyl carbamates (subject to hydrolysis) is 1. The Labute approximate surface area is 203 Å². The van der Waals surface area contributed by atoms with Crippen LogP contribution in [0.4, 0.5) is 4.79 Å². The van der Waals surface area contributed by atoms with Gasteiger partial charge in [0, 0.05) is 12.6 Å². The van der Waals surface area contributed by atoms with E-state index in [-0.39, 0.29) is 11.8 Å². The van der Waals surface area contributed by atoms with Gasteiger partial charge in [0.05, 0.1) is 0 Å². The zero-order valence-corrected chi connectivity index (χ0v) is 22.6. The minimum Gasteiger partial charge on any atom is -0.444 e. The molecule has 0 aliphatic heterocycles. The molecule has 186 valence electrons. The lowest BCUT2D eigenvalue weighted by Gasteiger charge is -2.33. The molecule has 1 aromatic carbocycles. The average Bonchev–Trinajstić information content (AvgIpc) is 2.60. The van der Waals surface area contributed by atoms with Crippen LogP contribution in [-0.4, -0.2) is 59.0 Å². The lowest BCUT2D eigenvalue weighted by atomic mass is 9.97. The first-order chi connectivity index (χ1) is 15.0. The van der Waals surface area contributed by atoms with Crippen LogP contribution < -0.4 is 10.6 Å². The highest BCUT2D eigenvalue weighted by Gasteiger charge is 2.35. The van der Waals surface area contributed by atoms with Gasteiger partial charge in [-0.05, 0) is 79.4 Å². The third-order valence-corrected chi connectivity index (χ3v) is 5.28. The topological polar surface area (TPSA) is 87.7 Å². The maximum absolute atomic E-state index is 13.6. The van der Waals surface area contributed by atoms with E-state index in [9.17, 15) is 14.4 Å². The third kappa shape index (κ3) is 10.1. The van der Waals surface area contributed by atoms with Crippen molar-refractivity contribution in [3.05, 3.63) is 34.9 Å². The van der Waals surface area contributed by atoms with E-state index in [1.165, 1.54) is 4.90 Å². The van der Waals surface area contributed by atoms with Gasteiger partial charge < -0.3 is 20.3 Å². The van der Waals surface area contributed by atoms with Gasteiger partial charge in [0.1, 0.15) is 17.7 Å². The summed E-state index contributed by atoms with van der Waals surface area (Å²) in [6.45, 7) is 14.9. The van der Waals surface area contributed by atoms with Crippen LogP contribution in [-0.2, 0) is 14.3 Å². The first-order valence-corrected chi connectivity index (χ1v) is 12.6. The van der Waals surface area contributed by atoms with Crippen molar-refractivity contribution < 1.29 is 19.1 Å². The van der Waals surface area contributed by atoms with Crippen molar-refractivity contribution in [1.29, 1.82) is 0 Å². The zero-order chi connectivity index (χ0) is 25.6. The lowest BCUT2D eigenvalue weighted by molar-refractivity contribution is -0.141. The maximum Gasteiger partial charge on any atom is 0.408 e. The molecule has 33 heavy (non-hydrogen) atoms. The quantitative estimate of drug-likeness (QED) is 0.578. The Morgan fingerprint density at radius 2 is 1.58 bits per heavy atom. The molecule has 3 amide bonds. The van der Waals surface area contributed by atoms with Crippen LogP contribution in [0.5, 0.6) is 0 Å². The fraction of sp³-hybridized carbons (Fsp3) is 0.640. The molecule has 2 unspecified atom stereocenters. The molecule has 0 aliphatic rings. The van der Waals surface area contributed by atoms with E-state index in [4.69, 9.17) is 4.74 Å². The summed E-state index contributed by atoms with van der Waals surface area (Å²) < 4.78 is 5.36. The van der Waals surface area contributed by atoms with E-state index < -0.39 is 29.3 Å². The molecular formula is C25H41N3O4S. The summed E-state index contributed by atoms with van der Waals surface area (Å²) in [6.07, 6.45) is 1.70. The first-order valence-electron chi connectivity index (χ1n) is 11.2. The van der Waals surface area contributed by atoms with Gasteiger partial charge in [-0.1, -0.05) is 29.3 Å². The number of rotatable bonds is 8. The van der Waals surface area contributed by atoms with Crippen LogP contribution in [0.15, 0.2) is 18.2 Å². The van der Waals surface area contributed by atoms with Crippen LogP contribution in [0.25, 0.3) is 0 Å². The van der Waals surface area contributed by atoms with Crippen molar-refractivity contribution in [1.82, 2.24) is 15.5 Å². The van der Waals surface area contributed by atoms with Crippen molar-refractivity contribution in [3.63, 3.8) is 0 Å². The molecule has 2 atom stereocenters. The summed E-state index contributed by atoms with van der Waals surface area (Å²) in [5, 5.41) is 5.71. The summed E-state index contributed by atoms with van der Waals surface area (Å²) in [5.41, 5.74) is 1.59. The highest BCUT2D eigenvalue weighted by molar-refractivity contribution is 7.98. The number of amides is 3. The molecule has 2 N–H and O–H groups in total. The molecule has 0 saturated carbocycles. The molecule has 0 bridgehead atoms. The van der Waals surface area contributed by atoms with Crippen molar-refractivity contribution in [2.75, 3.05) is 19.1 Å². The predicted octanol–water partition coefficient (Wildman–Crippen LogP) is 4.36. The lowest BCUT2D eigenvalue weighted by Crippen LogP contribution is -2.53. The van der Waals surface area contributed by atoms with Crippen molar-refractivity contribution in [2.24, 2.45) is 0 Å². The Bertz CT molecular complexity index is 823. The molecule has 0 fully saturated rings. The van der Waals surface area contributed by atoms with Gasteiger partial charge in [0.2, 0.25) is 11.8 Å². The number of likely N-dealkylation sites (N-methyl/N-ethyl adjacent to an activating group) is 1.